The van der Waals surface area contributed by atoms with Gasteiger partial charge in [-0.3, -0.25) is 4.79 Å². The molecule has 1 N–H and O–H groups in total. The SMILES string of the molecule is CC(=O)c1c(C(F)(F)F)nn(-c2ccc(S(C)(=O)=O)cn2)c1NC1CCCC1. The van der Waals surface area contributed by atoms with Crippen molar-refractivity contribution in [3.8, 4) is 5.82 Å². The number of rotatable bonds is 5. The Morgan fingerprint density at radius 2 is 1.89 bits per heavy atom. The normalized spacial score (nSPS) is 15.8. The molecule has 0 aromatic carbocycles. The Labute approximate surface area is 159 Å². The fraction of sp³-hybridized carbons (Fsp3) is 0.471. The maximum absolute atomic E-state index is 13.5. The van der Waals surface area contributed by atoms with E-state index in [1.54, 1.807) is 0 Å². The fourth-order valence-corrected chi connectivity index (χ4v) is 3.79. The number of pyridine rings is 1. The highest BCUT2D eigenvalue weighted by Gasteiger charge is 2.41. The van der Waals surface area contributed by atoms with Crippen molar-refractivity contribution in [3.63, 3.8) is 0 Å². The van der Waals surface area contributed by atoms with Crippen LogP contribution in [0, 0.1) is 0 Å². The van der Waals surface area contributed by atoms with Crippen molar-refractivity contribution in [2.75, 3.05) is 11.6 Å². The Hall–Kier alpha value is -2.43. The lowest BCUT2D eigenvalue weighted by Gasteiger charge is -2.16. The number of anilines is 1. The summed E-state index contributed by atoms with van der Waals surface area (Å²) in [6, 6.07) is 2.41. The van der Waals surface area contributed by atoms with Gasteiger partial charge in [-0.2, -0.15) is 23.0 Å². The molecule has 3 rings (SSSR count). The van der Waals surface area contributed by atoms with Crippen molar-refractivity contribution in [2.24, 2.45) is 0 Å². The monoisotopic (exact) mass is 416 g/mol. The molecule has 152 valence electrons. The van der Waals surface area contributed by atoms with Crippen molar-refractivity contribution in [1.82, 2.24) is 14.8 Å². The van der Waals surface area contributed by atoms with Gasteiger partial charge in [0, 0.05) is 18.5 Å². The maximum atomic E-state index is 13.5. The van der Waals surface area contributed by atoms with Crippen molar-refractivity contribution >= 4 is 21.4 Å². The molecule has 0 saturated heterocycles. The summed E-state index contributed by atoms with van der Waals surface area (Å²) in [6.45, 7) is 1.05. The molecule has 0 bridgehead atoms. The van der Waals surface area contributed by atoms with Crippen LogP contribution in [0.1, 0.15) is 48.7 Å². The molecule has 2 aromatic rings. The van der Waals surface area contributed by atoms with Gasteiger partial charge in [-0.05, 0) is 31.9 Å². The highest BCUT2D eigenvalue weighted by molar-refractivity contribution is 7.90. The molecule has 0 radical (unpaired) electrons. The first-order valence-electron chi connectivity index (χ1n) is 8.62. The smallest absolute Gasteiger partial charge is 0.367 e. The Bertz CT molecular complexity index is 992. The zero-order valence-electron chi connectivity index (χ0n) is 15.2. The molecule has 28 heavy (non-hydrogen) atoms. The summed E-state index contributed by atoms with van der Waals surface area (Å²) in [5, 5.41) is 6.62. The highest BCUT2D eigenvalue weighted by atomic mass is 32.2. The minimum atomic E-state index is -4.83. The minimum Gasteiger partial charge on any atom is -0.367 e. The molecule has 11 heteroatoms. The summed E-state index contributed by atoms with van der Waals surface area (Å²) in [5.41, 5.74) is -1.84. The van der Waals surface area contributed by atoms with E-state index in [4.69, 9.17) is 0 Å². The van der Waals surface area contributed by atoms with E-state index in [2.05, 4.69) is 15.4 Å². The van der Waals surface area contributed by atoms with Crippen LogP contribution in [0.15, 0.2) is 23.2 Å². The van der Waals surface area contributed by atoms with Crippen LogP contribution in [0.4, 0.5) is 19.0 Å². The lowest BCUT2D eigenvalue weighted by molar-refractivity contribution is -0.141. The van der Waals surface area contributed by atoms with Gasteiger partial charge in [0.1, 0.15) is 5.82 Å². The van der Waals surface area contributed by atoms with Gasteiger partial charge >= 0.3 is 6.18 Å². The molecule has 1 aliphatic rings. The average molecular weight is 416 g/mol. The van der Waals surface area contributed by atoms with Crippen LogP contribution in [-0.2, 0) is 16.0 Å². The first-order valence-corrected chi connectivity index (χ1v) is 10.5. The first kappa shape index (κ1) is 20.3. The van der Waals surface area contributed by atoms with Gasteiger partial charge in [-0.1, -0.05) is 12.8 Å². The number of halogens is 3. The topological polar surface area (TPSA) is 94.0 Å². The molecule has 0 unspecified atom stereocenters. The molecular weight excluding hydrogens is 397 g/mol. The van der Waals surface area contributed by atoms with Gasteiger partial charge in [-0.25, -0.2) is 13.4 Å². The molecule has 2 aromatic heterocycles. The third kappa shape index (κ3) is 4.03. The minimum absolute atomic E-state index is 0.0223. The molecule has 0 aliphatic heterocycles. The number of Topliss-reactive ketones (excluding diaryl/α,β-unsaturated/α-hetero) is 1. The average Bonchev–Trinajstić information content (AvgIpc) is 3.22. The van der Waals surface area contributed by atoms with Crippen LogP contribution in [0.3, 0.4) is 0 Å². The number of nitrogens with zero attached hydrogens (tertiary/aromatic N) is 3. The standard InChI is InChI=1S/C17H19F3N4O3S/c1-10(25)14-15(17(18,19)20)23-24(16(14)22-11-5-3-4-6-11)13-8-7-12(9-21-13)28(2,26)27/h7-9,11,22H,3-6H2,1-2H3. The lowest BCUT2D eigenvalue weighted by atomic mass is 10.1. The number of sulfone groups is 1. The summed E-state index contributed by atoms with van der Waals surface area (Å²) in [5.74, 6) is -0.871. The van der Waals surface area contributed by atoms with Crippen LogP contribution in [-0.4, -0.2) is 41.3 Å². The lowest BCUT2D eigenvalue weighted by Crippen LogP contribution is -2.19. The predicted octanol–water partition coefficient (Wildman–Crippen LogP) is 3.25. The van der Waals surface area contributed by atoms with Gasteiger partial charge in [0.2, 0.25) is 0 Å². The molecule has 1 saturated carbocycles. The van der Waals surface area contributed by atoms with Gasteiger partial charge in [0.25, 0.3) is 0 Å². The van der Waals surface area contributed by atoms with E-state index >= 15 is 0 Å². The maximum Gasteiger partial charge on any atom is 0.435 e. The molecule has 2 heterocycles. The predicted molar refractivity (Wildman–Crippen MR) is 95.4 cm³/mol. The van der Waals surface area contributed by atoms with E-state index in [0.717, 1.165) is 49.7 Å². The molecule has 0 amide bonds. The third-order valence-corrected chi connectivity index (χ3v) is 5.67. The molecule has 0 atom stereocenters. The van der Waals surface area contributed by atoms with Gasteiger partial charge in [0.15, 0.2) is 27.1 Å². The van der Waals surface area contributed by atoms with Gasteiger partial charge in [0.05, 0.1) is 10.5 Å². The second-order valence-corrected chi connectivity index (χ2v) is 8.80. The van der Waals surface area contributed by atoms with Crippen LogP contribution in [0.2, 0.25) is 0 Å². The molecule has 0 spiro atoms. The quantitative estimate of drug-likeness (QED) is 0.752. The van der Waals surface area contributed by atoms with Crippen LogP contribution in [0.5, 0.6) is 0 Å². The van der Waals surface area contributed by atoms with Gasteiger partial charge in [-0.15, -0.1) is 0 Å². The summed E-state index contributed by atoms with van der Waals surface area (Å²) in [7, 11) is -3.51. The number of carbonyl (C=O) groups is 1. The second kappa shape index (κ2) is 7.19. The number of aromatic nitrogens is 3. The number of nitrogens with one attached hydrogen (secondary N) is 1. The van der Waals surface area contributed by atoms with E-state index < -0.39 is 33.1 Å². The van der Waals surface area contributed by atoms with Crippen molar-refractivity contribution < 1.29 is 26.4 Å². The number of hydrogen-bond donors (Lipinski definition) is 1. The van der Waals surface area contributed by atoms with Crippen molar-refractivity contribution in [2.45, 2.75) is 49.7 Å². The van der Waals surface area contributed by atoms with Crippen LogP contribution >= 0.6 is 0 Å². The number of hydrogen-bond acceptors (Lipinski definition) is 6. The van der Waals surface area contributed by atoms with Crippen LogP contribution in [0.25, 0.3) is 5.82 Å². The summed E-state index contributed by atoms with van der Waals surface area (Å²) >= 11 is 0. The van der Waals surface area contributed by atoms with E-state index in [1.165, 1.54) is 12.1 Å². The summed E-state index contributed by atoms with van der Waals surface area (Å²) < 4.78 is 64.6. The molecule has 1 fully saturated rings. The molecular formula is C17H19F3N4O3S. The van der Waals surface area contributed by atoms with Crippen molar-refractivity contribution in [1.29, 1.82) is 0 Å². The zero-order chi connectivity index (χ0) is 20.7. The Balaban J connectivity index is 2.16. The zero-order valence-corrected chi connectivity index (χ0v) is 16.1. The number of ketones is 1. The summed E-state index contributed by atoms with van der Waals surface area (Å²) in [6.07, 6.45) is 0.635. The van der Waals surface area contributed by atoms with Crippen LogP contribution < -0.4 is 5.32 Å². The third-order valence-electron chi connectivity index (χ3n) is 4.57. The van der Waals surface area contributed by atoms with Gasteiger partial charge < -0.3 is 5.32 Å². The van der Waals surface area contributed by atoms with E-state index in [0.29, 0.717) is 0 Å². The molecule has 7 nitrogen and oxygen atoms in total. The van der Waals surface area contributed by atoms with E-state index in [1.807, 2.05) is 0 Å². The first-order chi connectivity index (χ1) is 13.0. The summed E-state index contributed by atoms with van der Waals surface area (Å²) in [4.78, 5) is 15.9. The van der Waals surface area contributed by atoms with Crippen molar-refractivity contribution in [3.05, 3.63) is 29.6 Å². The molecule has 1 aliphatic carbocycles. The number of alkyl halides is 3. The fourth-order valence-electron chi connectivity index (χ4n) is 3.23. The highest BCUT2D eigenvalue weighted by Crippen LogP contribution is 2.37. The number of carbonyl (C=O) groups excluding carboxylic acids is 1. The Kier molecular flexibility index (Phi) is 5.22. The van der Waals surface area contributed by atoms with E-state index in [-0.39, 0.29) is 22.6 Å². The largest absolute Gasteiger partial charge is 0.435 e. The Morgan fingerprint density at radius 3 is 2.36 bits per heavy atom. The Morgan fingerprint density at radius 1 is 1.25 bits per heavy atom. The second-order valence-electron chi connectivity index (χ2n) is 6.79. The van der Waals surface area contributed by atoms with E-state index in [9.17, 15) is 26.4 Å².